The monoisotopic (exact) mass is 194 g/mol. The largest absolute Gasteiger partial charge is 0.398 e. The molecule has 0 atom stereocenters. The summed E-state index contributed by atoms with van der Waals surface area (Å²) in [6.07, 6.45) is -4.17. The molecule has 0 aliphatic rings. The van der Waals surface area contributed by atoms with Crippen molar-refractivity contribution >= 4 is 11.3 Å². The highest BCUT2D eigenvalue weighted by Crippen LogP contribution is 2.41. The molecule has 1 rings (SSSR count). The zero-order chi connectivity index (χ0) is 9.41. The Bertz CT molecular complexity index is 246. The fraction of sp³-hybridized carbons (Fsp3) is 0.500. The van der Waals surface area contributed by atoms with Crippen LogP contribution in [0.25, 0.3) is 0 Å². The molecule has 0 aliphatic carbocycles. The second-order valence-corrected chi connectivity index (χ2v) is 4.05. The summed E-state index contributed by atoms with van der Waals surface area (Å²) >= 11 is 1.14. The van der Waals surface area contributed by atoms with Crippen LogP contribution in [0, 0.1) is 0 Å². The molecular formula is C8H9F3S. The van der Waals surface area contributed by atoms with Gasteiger partial charge in [-0.05, 0) is 25.3 Å². The number of hydrogen-bond acceptors (Lipinski definition) is 1. The second-order valence-electron chi connectivity index (χ2n) is 3.10. The van der Waals surface area contributed by atoms with Crippen LogP contribution in [0.2, 0.25) is 0 Å². The van der Waals surface area contributed by atoms with Crippen molar-refractivity contribution in [3.63, 3.8) is 0 Å². The molecule has 0 spiro atoms. The third-order valence-corrected chi connectivity index (χ3v) is 3.04. The molecule has 0 bridgehead atoms. The molecule has 12 heavy (non-hydrogen) atoms. The molecule has 0 aliphatic heterocycles. The Morgan fingerprint density at radius 1 is 1.25 bits per heavy atom. The number of alkyl halides is 3. The molecule has 4 heteroatoms. The number of rotatable bonds is 1. The minimum Gasteiger partial charge on any atom is -0.170 e. The van der Waals surface area contributed by atoms with E-state index < -0.39 is 11.6 Å². The van der Waals surface area contributed by atoms with Gasteiger partial charge in [0.25, 0.3) is 0 Å². The minimum absolute atomic E-state index is 0.356. The van der Waals surface area contributed by atoms with Crippen molar-refractivity contribution in [1.29, 1.82) is 0 Å². The predicted octanol–water partition coefficient (Wildman–Crippen LogP) is 3.59. The highest BCUT2D eigenvalue weighted by molar-refractivity contribution is 7.10. The first-order chi connectivity index (χ1) is 5.36. The van der Waals surface area contributed by atoms with Crippen LogP contribution in [-0.4, -0.2) is 6.18 Å². The van der Waals surface area contributed by atoms with Crippen LogP contribution in [0.1, 0.15) is 18.7 Å². The predicted molar refractivity (Wildman–Crippen MR) is 43.4 cm³/mol. The van der Waals surface area contributed by atoms with Crippen LogP contribution in [-0.2, 0) is 5.41 Å². The Morgan fingerprint density at radius 3 is 2.17 bits per heavy atom. The van der Waals surface area contributed by atoms with Crippen molar-refractivity contribution in [3.8, 4) is 0 Å². The van der Waals surface area contributed by atoms with Crippen molar-refractivity contribution < 1.29 is 13.2 Å². The van der Waals surface area contributed by atoms with Gasteiger partial charge in [-0.25, -0.2) is 0 Å². The van der Waals surface area contributed by atoms with Gasteiger partial charge in [0.05, 0.1) is 5.41 Å². The summed E-state index contributed by atoms with van der Waals surface area (Å²) in [5, 5.41) is 1.66. The van der Waals surface area contributed by atoms with Gasteiger partial charge >= 0.3 is 6.18 Å². The highest BCUT2D eigenvalue weighted by atomic mass is 32.1. The van der Waals surface area contributed by atoms with Crippen molar-refractivity contribution in [2.75, 3.05) is 0 Å². The topological polar surface area (TPSA) is 0 Å². The fourth-order valence-electron chi connectivity index (χ4n) is 0.774. The van der Waals surface area contributed by atoms with Crippen molar-refractivity contribution in [2.24, 2.45) is 0 Å². The van der Waals surface area contributed by atoms with Gasteiger partial charge in [-0.2, -0.15) is 13.2 Å². The molecule has 1 aromatic rings. The van der Waals surface area contributed by atoms with E-state index in [0.29, 0.717) is 4.88 Å². The van der Waals surface area contributed by atoms with Crippen LogP contribution >= 0.6 is 11.3 Å². The van der Waals surface area contributed by atoms with Crippen LogP contribution in [0.5, 0.6) is 0 Å². The van der Waals surface area contributed by atoms with E-state index in [1.165, 1.54) is 19.9 Å². The fourth-order valence-corrected chi connectivity index (χ4v) is 1.65. The Labute approximate surface area is 73.0 Å². The van der Waals surface area contributed by atoms with E-state index in [1.54, 1.807) is 11.4 Å². The number of halogens is 3. The third kappa shape index (κ3) is 1.48. The average Bonchev–Trinajstić information content (AvgIpc) is 2.34. The van der Waals surface area contributed by atoms with E-state index >= 15 is 0 Å². The highest BCUT2D eigenvalue weighted by Gasteiger charge is 2.48. The first-order valence-corrected chi connectivity index (χ1v) is 4.34. The normalized spacial score (nSPS) is 13.4. The smallest absolute Gasteiger partial charge is 0.170 e. The minimum atomic E-state index is -4.17. The zero-order valence-electron chi connectivity index (χ0n) is 6.77. The summed E-state index contributed by atoms with van der Waals surface area (Å²) in [5.41, 5.74) is -1.72. The van der Waals surface area contributed by atoms with Gasteiger partial charge in [0.15, 0.2) is 0 Å². The maximum atomic E-state index is 12.4. The molecule has 0 fully saturated rings. The Kier molecular flexibility index (Phi) is 2.21. The Morgan fingerprint density at radius 2 is 1.83 bits per heavy atom. The summed E-state index contributed by atoms with van der Waals surface area (Å²) in [4.78, 5) is 0.356. The molecule has 1 aromatic heterocycles. The maximum absolute atomic E-state index is 12.4. The summed E-state index contributed by atoms with van der Waals surface area (Å²) < 4.78 is 37.2. The van der Waals surface area contributed by atoms with Crippen molar-refractivity contribution in [1.82, 2.24) is 0 Å². The lowest BCUT2D eigenvalue weighted by Crippen LogP contribution is -2.35. The summed E-state index contributed by atoms with van der Waals surface area (Å²) in [7, 11) is 0. The SMILES string of the molecule is CC(C)(c1cccs1)C(F)(F)F. The first-order valence-electron chi connectivity index (χ1n) is 3.46. The Hall–Kier alpha value is -0.510. The van der Waals surface area contributed by atoms with Crippen LogP contribution in [0.4, 0.5) is 13.2 Å². The summed E-state index contributed by atoms with van der Waals surface area (Å²) in [6.45, 7) is 2.39. The van der Waals surface area contributed by atoms with E-state index in [4.69, 9.17) is 0 Å². The van der Waals surface area contributed by atoms with Crippen LogP contribution < -0.4 is 0 Å². The summed E-state index contributed by atoms with van der Waals surface area (Å²) in [6, 6.07) is 3.14. The van der Waals surface area contributed by atoms with Gasteiger partial charge in [0, 0.05) is 4.88 Å². The van der Waals surface area contributed by atoms with Crippen molar-refractivity contribution in [2.45, 2.75) is 25.4 Å². The van der Waals surface area contributed by atoms with Crippen molar-refractivity contribution in [3.05, 3.63) is 22.4 Å². The van der Waals surface area contributed by atoms with Gasteiger partial charge in [-0.3, -0.25) is 0 Å². The van der Waals surface area contributed by atoms with Crippen LogP contribution in [0.3, 0.4) is 0 Å². The number of hydrogen-bond donors (Lipinski definition) is 0. The van der Waals surface area contributed by atoms with E-state index in [-0.39, 0.29) is 0 Å². The molecule has 0 unspecified atom stereocenters. The van der Waals surface area contributed by atoms with Gasteiger partial charge < -0.3 is 0 Å². The zero-order valence-corrected chi connectivity index (χ0v) is 7.59. The third-order valence-electron chi connectivity index (χ3n) is 1.85. The van der Waals surface area contributed by atoms with E-state index in [9.17, 15) is 13.2 Å². The molecule has 0 radical (unpaired) electrons. The molecule has 0 saturated heterocycles. The number of thiophene rings is 1. The molecule has 68 valence electrons. The summed E-state index contributed by atoms with van der Waals surface area (Å²) in [5.74, 6) is 0. The Balaban J connectivity index is 3.02. The molecule has 0 saturated carbocycles. The molecule has 0 N–H and O–H groups in total. The first kappa shape index (κ1) is 9.58. The molecule has 0 nitrogen and oxygen atoms in total. The molecule has 0 amide bonds. The lowest BCUT2D eigenvalue weighted by Gasteiger charge is -2.26. The van der Waals surface area contributed by atoms with E-state index in [1.807, 2.05) is 0 Å². The lowest BCUT2D eigenvalue weighted by atomic mass is 9.91. The quantitative estimate of drug-likeness (QED) is 0.641. The molecule has 0 aromatic carbocycles. The average molecular weight is 194 g/mol. The standard InChI is InChI=1S/C8H9F3S/c1-7(2,8(9,10)11)6-4-3-5-12-6/h3-5H,1-2H3. The van der Waals surface area contributed by atoms with E-state index in [2.05, 4.69) is 0 Å². The van der Waals surface area contributed by atoms with Gasteiger partial charge in [0.2, 0.25) is 0 Å². The van der Waals surface area contributed by atoms with Gasteiger partial charge in [-0.1, -0.05) is 6.07 Å². The van der Waals surface area contributed by atoms with Gasteiger partial charge in [0.1, 0.15) is 0 Å². The maximum Gasteiger partial charge on any atom is 0.398 e. The lowest BCUT2D eigenvalue weighted by molar-refractivity contribution is -0.179. The van der Waals surface area contributed by atoms with E-state index in [0.717, 1.165) is 11.3 Å². The second kappa shape index (κ2) is 2.76. The molecule has 1 heterocycles. The van der Waals surface area contributed by atoms with Crippen LogP contribution in [0.15, 0.2) is 17.5 Å². The van der Waals surface area contributed by atoms with Gasteiger partial charge in [-0.15, -0.1) is 11.3 Å². The molecular weight excluding hydrogens is 185 g/mol.